The fourth-order valence-electron chi connectivity index (χ4n) is 0. The van der Waals surface area contributed by atoms with Crippen molar-refractivity contribution in [3.05, 3.63) is 0 Å². The fraction of sp³-hybridized carbons (Fsp3) is 0. The zero-order valence-corrected chi connectivity index (χ0v) is 13.0. The first kappa shape index (κ1) is 36.0. The molecule has 0 aliphatic rings. The van der Waals surface area contributed by atoms with E-state index in [1.54, 1.807) is 0 Å². The van der Waals surface area contributed by atoms with E-state index in [1.165, 1.54) is 0 Å². The first-order valence-electron chi connectivity index (χ1n) is 2.12. The molecule has 15 heavy (non-hydrogen) atoms. The topological polar surface area (TPSA) is 208 Å². The molecule has 9 nitrogen and oxygen atoms in total. The minimum Gasteiger partial charge on any atom is -0.907 e. The monoisotopic (exact) mass is 334 g/mol. The molecule has 0 saturated heterocycles. The molecule has 0 fully saturated rings. The summed E-state index contributed by atoms with van der Waals surface area (Å²) in [7, 11) is -8.75. The summed E-state index contributed by atoms with van der Waals surface area (Å²) in [6.07, 6.45) is 0. The zero-order valence-electron chi connectivity index (χ0n) is 7.19. The third-order valence-corrected chi connectivity index (χ3v) is 0. The Bertz CT molecular complexity index is 53.8. The molecule has 0 N–H and O–H groups in total. The van der Waals surface area contributed by atoms with E-state index in [1.807, 2.05) is 0 Å². The number of hydrogen-bond donors (Lipinski definition) is 0. The van der Waals surface area contributed by atoms with Gasteiger partial charge in [0.25, 0.3) is 0 Å². The minimum atomic E-state index is -2.92. The normalized spacial score (nSPS) is 5.40. The van der Waals surface area contributed by atoms with Crippen LogP contribution in [0.1, 0.15) is 0 Å². The summed E-state index contributed by atoms with van der Waals surface area (Å²) < 4.78 is 0. The van der Waals surface area contributed by atoms with Gasteiger partial charge in [0.15, 0.2) is 0 Å². The average Bonchev–Trinajstić information content (AvgIpc) is 1.54. The smallest absolute Gasteiger partial charge is 0.907 e. The largest absolute Gasteiger partial charge is 4.00 e. The Morgan fingerprint density at radius 2 is 0.467 bits per heavy atom. The quantitative estimate of drug-likeness (QED) is 0.384. The van der Waals surface area contributed by atoms with Crippen LogP contribution < -0.4 is 45.2 Å². The van der Waals surface area contributed by atoms with Crippen molar-refractivity contribution >= 4 is 77.1 Å². The van der Waals surface area contributed by atoms with Gasteiger partial charge in [-0.05, 0) is 0 Å². The molecule has 0 atom stereocenters. The summed E-state index contributed by atoms with van der Waals surface area (Å²) in [5.74, 6) is 0. The second-order valence-electron chi connectivity index (χ2n) is 0.866. The van der Waals surface area contributed by atoms with Crippen LogP contribution >= 0.6 is 0 Å². The minimum absolute atomic E-state index is 0. The van der Waals surface area contributed by atoms with E-state index >= 15 is 0 Å². The SMILES string of the molecule is [Al+3].[Ca+2].[O-]B([O-])[O-].[O-]B([O-])[O-].[O-]B([O-])[O-].[Zr+4]. The summed E-state index contributed by atoms with van der Waals surface area (Å²) in [4.78, 5) is 0. The van der Waals surface area contributed by atoms with Crippen LogP contribution in [-0.2, 0) is 26.2 Å². The molecule has 0 rings (SSSR count). The van der Waals surface area contributed by atoms with Gasteiger partial charge in [0.05, 0.1) is 0 Å². The standard InChI is InChI=1S/Al.3BO3.Ca.Zr/c;3*2-1(3)4;;/q+3;3*-3;+2;+4. The average molecular weight is 335 g/mol. The molecule has 0 radical (unpaired) electrons. The molecule has 0 aliphatic carbocycles. The number of rotatable bonds is 0. The third-order valence-electron chi connectivity index (χ3n) is 0. The Morgan fingerprint density at radius 1 is 0.467 bits per heavy atom. The molecule has 0 spiro atoms. The Kier molecular flexibility index (Phi) is 72.0. The maximum Gasteiger partial charge on any atom is 4.00 e. The molecule has 15 heteroatoms. The van der Waals surface area contributed by atoms with Crippen LogP contribution in [0.4, 0.5) is 0 Å². The third kappa shape index (κ3) is 552. The van der Waals surface area contributed by atoms with Crippen molar-refractivity contribution in [3.63, 3.8) is 0 Å². The molecule has 0 bridgehead atoms. The van der Waals surface area contributed by atoms with Crippen molar-refractivity contribution in [1.29, 1.82) is 0 Å². The predicted molar refractivity (Wildman–Crippen MR) is 28.8 cm³/mol. The van der Waals surface area contributed by atoms with Crippen LogP contribution in [0.5, 0.6) is 0 Å². The van der Waals surface area contributed by atoms with Crippen LogP contribution in [0.2, 0.25) is 0 Å². The van der Waals surface area contributed by atoms with Crippen LogP contribution in [0.15, 0.2) is 0 Å². The van der Waals surface area contributed by atoms with E-state index in [4.69, 9.17) is 45.2 Å². The molecule has 0 aliphatic heterocycles. The van der Waals surface area contributed by atoms with Crippen LogP contribution in [0.3, 0.4) is 0 Å². The molecule has 0 aromatic heterocycles. The maximum absolute atomic E-state index is 8.42. The van der Waals surface area contributed by atoms with Crippen molar-refractivity contribution in [2.45, 2.75) is 0 Å². The molecule has 0 aromatic rings. The van der Waals surface area contributed by atoms with Gasteiger partial charge in [0.1, 0.15) is 0 Å². The van der Waals surface area contributed by atoms with Gasteiger partial charge in [0, 0.05) is 0 Å². The van der Waals surface area contributed by atoms with Crippen molar-refractivity contribution in [1.82, 2.24) is 0 Å². The first-order chi connectivity index (χ1) is 5.20. The predicted octanol–water partition coefficient (Wildman–Crippen LogP) is -12.6. The molecular weight excluding hydrogens is 335 g/mol. The van der Waals surface area contributed by atoms with E-state index in [9.17, 15) is 0 Å². The molecule has 72 valence electrons. The van der Waals surface area contributed by atoms with Crippen molar-refractivity contribution in [2.24, 2.45) is 0 Å². The Hall–Kier alpha value is 2.51. The molecular formula is AlB3CaO9Zr. The molecule has 0 heterocycles. The molecule has 0 aromatic carbocycles. The van der Waals surface area contributed by atoms with Crippen molar-refractivity contribution < 1.29 is 71.4 Å². The second kappa shape index (κ2) is 30.0. The summed E-state index contributed by atoms with van der Waals surface area (Å²) in [6, 6.07) is 0. The van der Waals surface area contributed by atoms with Gasteiger partial charge in [-0.1, -0.05) is 0 Å². The van der Waals surface area contributed by atoms with Crippen molar-refractivity contribution in [2.75, 3.05) is 0 Å². The summed E-state index contributed by atoms with van der Waals surface area (Å²) in [6.45, 7) is 0. The summed E-state index contributed by atoms with van der Waals surface area (Å²) in [5.41, 5.74) is 0. The Balaban J connectivity index is -0.0000000184. The second-order valence-corrected chi connectivity index (χ2v) is 0.866. The Labute approximate surface area is 147 Å². The van der Waals surface area contributed by atoms with Crippen molar-refractivity contribution in [3.8, 4) is 0 Å². The van der Waals surface area contributed by atoms with Gasteiger partial charge in [-0.2, -0.15) is 0 Å². The van der Waals surface area contributed by atoms with Crippen LogP contribution in [-0.4, -0.2) is 77.1 Å². The van der Waals surface area contributed by atoms with E-state index in [0.717, 1.165) is 0 Å². The molecule has 0 saturated carbocycles. The summed E-state index contributed by atoms with van der Waals surface area (Å²) in [5, 5.41) is 75.8. The van der Waals surface area contributed by atoms with Gasteiger partial charge >= 0.3 is 81.3 Å². The van der Waals surface area contributed by atoms with Crippen LogP contribution in [0, 0.1) is 0 Å². The fourth-order valence-corrected chi connectivity index (χ4v) is 0. The van der Waals surface area contributed by atoms with E-state index < -0.39 is 22.0 Å². The van der Waals surface area contributed by atoms with Gasteiger partial charge in [0.2, 0.25) is 0 Å². The van der Waals surface area contributed by atoms with Gasteiger partial charge < -0.3 is 45.2 Å². The first-order valence-corrected chi connectivity index (χ1v) is 2.12. The number of hydrogen-bond acceptors (Lipinski definition) is 9. The molecule has 0 amide bonds. The van der Waals surface area contributed by atoms with E-state index in [2.05, 4.69) is 0 Å². The Morgan fingerprint density at radius 3 is 0.467 bits per heavy atom. The molecule has 0 unspecified atom stereocenters. The maximum atomic E-state index is 8.42. The zero-order chi connectivity index (χ0) is 10.7. The summed E-state index contributed by atoms with van der Waals surface area (Å²) >= 11 is 0. The van der Waals surface area contributed by atoms with Gasteiger partial charge in [-0.15, -0.1) is 0 Å². The van der Waals surface area contributed by atoms with Gasteiger partial charge in [-0.25, -0.2) is 0 Å². The van der Waals surface area contributed by atoms with Gasteiger partial charge in [-0.3, -0.25) is 22.0 Å². The van der Waals surface area contributed by atoms with E-state index in [-0.39, 0.29) is 81.3 Å². The van der Waals surface area contributed by atoms with Crippen LogP contribution in [0.25, 0.3) is 0 Å². The van der Waals surface area contributed by atoms with E-state index in [0.29, 0.717) is 0 Å².